The third kappa shape index (κ3) is 4.21. The smallest absolute Gasteiger partial charge is 0.226 e. The topological polar surface area (TPSA) is 94.7 Å². The van der Waals surface area contributed by atoms with E-state index < -0.39 is 0 Å². The minimum atomic E-state index is -0.197. The molecule has 0 aromatic heterocycles. The number of carbonyl (C=O) groups is 2. The van der Waals surface area contributed by atoms with Crippen molar-refractivity contribution in [3.63, 3.8) is 0 Å². The van der Waals surface area contributed by atoms with Gasteiger partial charge in [-0.25, -0.2) is 10.4 Å². The first kappa shape index (κ1) is 21.9. The summed E-state index contributed by atoms with van der Waals surface area (Å²) < 4.78 is 5.39. The van der Waals surface area contributed by atoms with E-state index in [0.29, 0.717) is 25.8 Å². The molecule has 5 rings (SSSR count). The van der Waals surface area contributed by atoms with E-state index in [1.54, 1.807) is 7.11 Å². The third-order valence-electron chi connectivity index (χ3n) is 7.22. The van der Waals surface area contributed by atoms with E-state index in [2.05, 4.69) is 57.8 Å². The van der Waals surface area contributed by atoms with E-state index in [9.17, 15) is 9.59 Å². The predicted octanol–water partition coefficient (Wildman–Crippen LogP) is 1.93. The van der Waals surface area contributed by atoms with Crippen molar-refractivity contribution >= 4 is 11.8 Å². The number of ether oxygens (including phenoxy) is 1. The molecule has 3 aliphatic rings. The molecule has 8 nitrogen and oxygen atoms in total. The highest BCUT2D eigenvalue weighted by molar-refractivity contribution is 5.83. The first-order valence-corrected chi connectivity index (χ1v) is 11.6. The molecule has 0 bridgehead atoms. The van der Waals surface area contributed by atoms with Crippen LogP contribution in [0.3, 0.4) is 0 Å². The van der Waals surface area contributed by atoms with Gasteiger partial charge < -0.3 is 15.4 Å². The fraction of sp³-hybridized carbons (Fsp3) is 0.440. The second kappa shape index (κ2) is 9.13. The van der Waals surface area contributed by atoms with Crippen LogP contribution >= 0.6 is 0 Å². The number of nitrogens with one attached hydrogen (secondary N) is 4. The summed E-state index contributed by atoms with van der Waals surface area (Å²) in [7, 11) is 1.63. The molecule has 4 N–H and O–H groups in total. The normalized spacial score (nSPS) is 29.0. The third-order valence-corrected chi connectivity index (χ3v) is 7.22. The Morgan fingerprint density at radius 3 is 2.73 bits per heavy atom. The molecule has 174 valence electrons. The van der Waals surface area contributed by atoms with Gasteiger partial charge in [-0.05, 0) is 37.8 Å². The Balaban J connectivity index is 1.27. The standard InChI is InChI=1S/C25H31N5O3/c1-15-7-9-16(10-8-15)22-23-27-25(32)19-12-11-17(13-20(19)30(23)29-28-22)24(31)26-14-18-5-3-4-6-21(18)33-2/h3-10,17,19-20,22-23,28-29H,11-14H2,1-2H3,(H,26,31)(H,27,32). The number of fused-ring (bicyclic) bond motifs is 3. The molecule has 2 aromatic rings. The highest BCUT2D eigenvalue weighted by Gasteiger charge is 2.51. The molecule has 3 fully saturated rings. The van der Waals surface area contributed by atoms with Crippen LogP contribution in [0.4, 0.5) is 0 Å². The van der Waals surface area contributed by atoms with E-state index in [1.165, 1.54) is 5.56 Å². The Morgan fingerprint density at radius 1 is 1.15 bits per heavy atom. The lowest BCUT2D eigenvalue weighted by Gasteiger charge is -2.46. The highest BCUT2D eigenvalue weighted by Crippen LogP contribution is 2.39. The number of hydrogen-bond acceptors (Lipinski definition) is 6. The predicted molar refractivity (Wildman–Crippen MR) is 123 cm³/mol. The van der Waals surface area contributed by atoms with Gasteiger partial charge in [-0.2, -0.15) is 5.53 Å². The zero-order valence-corrected chi connectivity index (χ0v) is 19.0. The van der Waals surface area contributed by atoms with Crippen LogP contribution in [0.15, 0.2) is 48.5 Å². The van der Waals surface area contributed by atoms with Crippen molar-refractivity contribution in [1.82, 2.24) is 26.6 Å². The summed E-state index contributed by atoms with van der Waals surface area (Å²) in [5.74, 6) is 0.627. The number of carbonyl (C=O) groups excluding carboxylic acids is 2. The molecule has 2 saturated heterocycles. The molecule has 2 aromatic carbocycles. The monoisotopic (exact) mass is 449 g/mol. The molecule has 33 heavy (non-hydrogen) atoms. The number of hydrazine groups is 2. The van der Waals surface area contributed by atoms with Crippen LogP contribution in [0.5, 0.6) is 5.75 Å². The lowest BCUT2D eigenvalue weighted by molar-refractivity contribution is -0.143. The second-order valence-corrected chi connectivity index (χ2v) is 9.22. The van der Waals surface area contributed by atoms with Gasteiger partial charge in [0, 0.05) is 24.1 Å². The van der Waals surface area contributed by atoms with Gasteiger partial charge in [-0.15, -0.1) is 0 Å². The highest BCUT2D eigenvalue weighted by atomic mass is 16.5. The number of amides is 2. The van der Waals surface area contributed by atoms with Gasteiger partial charge in [0.1, 0.15) is 11.9 Å². The Labute approximate surface area is 194 Å². The van der Waals surface area contributed by atoms with E-state index in [1.807, 2.05) is 24.3 Å². The van der Waals surface area contributed by atoms with Crippen LogP contribution < -0.4 is 26.3 Å². The van der Waals surface area contributed by atoms with Crippen molar-refractivity contribution in [2.45, 2.75) is 51.0 Å². The zero-order chi connectivity index (χ0) is 22.9. The van der Waals surface area contributed by atoms with Crippen molar-refractivity contribution in [3.8, 4) is 5.75 Å². The summed E-state index contributed by atoms with van der Waals surface area (Å²) in [5, 5.41) is 8.37. The summed E-state index contributed by atoms with van der Waals surface area (Å²) in [6, 6.07) is 15.9. The molecule has 5 unspecified atom stereocenters. The van der Waals surface area contributed by atoms with Gasteiger partial charge in [0.05, 0.1) is 19.1 Å². The zero-order valence-electron chi connectivity index (χ0n) is 19.0. The maximum atomic E-state index is 13.0. The Kier molecular flexibility index (Phi) is 6.05. The van der Waals surface area contributed by atoms with Gasteiger partial charge >= 0.3 is 0 Å². The maximum Gasteiger partial charge on any atom is 0.226 e. The van der Waals surface area contributed by atoms with Crippen molar-refractivity contribution in [1.29, 1.82) is 0 Å². The van der Waals surface area contributed by atoms with Crippen LogP contribution in [0.2, 0.25) is 0 Å². The van der Waals surface area contributed by atoms with E-state index >= 15 is 0 Å². The van der Waals surface area contributed by atoms with E-state index in [0.717, 1.165) is 16.9 Å². The average molecular weight is 450 g/mol. The average Bonchev–Trinajstić information content (AvgIpc) is 3.27. The van der Waals surface area contributed by atoms with Crippen molar-refractivity contribution in [2.75, 3.05) is 7.11 Å². The Morgan fingerprint density at radius 2 is 1.94 bits per heavy atom. The molecular formula is C25H31N5O3. The summed E-state index contributed by atoms with van der Waals surface area (Å²) in [5.41, 5.74) is 9.89. The van der Waals surface area contributed by atoms with Crippen molar-refractivity contribution in [2.24, 2.45) is 11.8 Å². The van der Waals surface area contributed by atoms with Crippen molar-refractivity contribution < 1.29 is 14.3 Å². The lowest BCUT2D eigenvalue weighted by atomic mass is 9.75. The molecular weight excluding hydrogens is 418 g/mol. The summed E-state index contributed by atoms with van der Waals surface area (Å²) in [6.07, 6.45) is 1.85. The van der Waals surface area contributed by atoms with Crippen molar-refractivity contribution in [3.05, 3.63) is 65.2 Å². The molecule has 0 spiro atoms. The van der Waals surface area contributed by atoms with Crippen LogP contribution in [-0.4, -0.2) is 36.1 Å². The fourth-order valence-electron chi connectivity index (χ4n) is 5.36. The summed E-state index contributed by atoms with van der Waals surface area (Å²) in [4.78, 5) is 26.0. The van der Waals surface area contributed by atoms with Gasteiger partial charge in [0.2, 0.25) is 11.8 Å². The van der Waals surface area contributed by atoms with Crippen LogP contribution in [-0.2, 0) is 16.1 Å². The molecule has 1 saturated carbocycles. The summed E-state index contributed by atoms with van der Waals surface area (Å²) >= 11 is 0. The quantitative estimate of drug-likeness (QED) is 0.557. The number of aryl methyl sites for hydroxylation is 1. The molecule has 1 aliphatic carbocycles. The number of methoxy groups -OCH3 is 1. The van der Waals surface area contributed by atoms with E-state index in [4.69, 9.17) is 4.74 Å². The number of rotatable bonds is 5. The number of hydrogen-bond donors (Lipinski definition) is 4. The first-order chi connectivity index (χ1) is 16.0. The molecule has 0 radical (unpaired) electrons. The molecule has 2 aliphatic heterocycles. The van der Waals surface area contributed by atoms with Crippen LogP contribution in [0, 0.1) is 18.8 Å². The van der Waals surface area contributed by atoms with Crippen LogP contribution in [0.25, 0.3) is 0 Å². The number of benzene rings is 2. The fourth-order valence-corrected chi connectivity index (χ4v) is 5.36. The van der Waals surface area contributed by atoms with E-state index in [-0.39, 0.29) is 41.9 Å². The van der Waals surface area contributed by atoms with Gasteiger partial charge in [0.25, 0.3) is 0 Å². The first-order valence-electron chi connectivity index (χ1n) is 11.6. The lowest BCUT2D eigenvalue weighted by Crippen LogP contribution is -2.65. The van der Waals surface area contributed by atoms with Gasteiger partial charge in [-0.3, -0.25) is 9.59 Å². The maximum absolute atomic E-state index is 13.0. The Bertz CT molecular complexity index is 1030. The SMILES string of the molecule is COc1ccccc1CNC(=O)C1CCC2C(=O)NC3C(c4ccc(C)cc4)NNN3C2C1. The molecule has 2 amide bonds. The number of nitrogens with zero attached hydrogens (tertiary/aromatic N) is 1. The van der Waals surface area contributed by atoms with Crippen LogP contribution in [0.1, 0.15) is 42.0 Å². The number of para-hydroxylation sites is 1. The molecule has 5 atom stereocenters. The largest absolute Gasteiger partial charge is 0.496 e. The van der Waals surface area contributed by atoms with Gasteiger partial charge in [-0.1, -0.05) is 48.0 Å². The minimum Gasteiger partial charge on any atom is -0.496 e. The second-order valence-electron chi connectivity index (χ2n) is 9.22. The Hall–Kier alpha value is -2.94. The molecule has 2 heterocycles. The molecule has 8 heteroatoms. The summed E-state index contributed by atoms with van der Waals surface area (Å²) in [6.45, 7) is 2.49. The van der Waals surface area contributed by atoms with Gasteiger partial charge in [0.15, 0.2) is 0 Å². The minimum absolute atomic E-state index is 0.0316.